The molecule has 0 aliphatic carbocycles. The fourth-order valence-corrected chi connectivity index (χ4v) is 3.11. The van der Waals surface area contributed by atoms with Crippen molar-refractivity contribution in [3.8, 4) is 0 Å². The van der Waals surface area contributed by atoms with E-state index in [1.54, 1.807) is 0 Å². The molecule has 2 N–H and O–H groups in total. The van der Waals surface area contributed by atoms with Crippen molar-refractivity contribution in [3.05, 3.63) is 71.8 Å². The molecule has 1 heterocycles. The molecule has 2 aromatic rings. The van der Waals surface area contributed by atoms with Crippen LogP contribution in [0.15, 0.2) is 65.8 Å². The van der Waals surface area contributed by atoms with Gasteiger partial charge in [-0.1, -0.05) is 77.4 Å². The number of amides is 2. The number of oxime groups is 1. The van der Waals surface area contributed by atoms with Gasteiger partial charge < -0.3 is 15.3 Å². The summed E-state index contributed by atoms with van der Waals surface area (Å²) in [5.74, 6) is -0.543. The van der Waals surface area contributed by atoms with E-state index in [9.17, 15) is 9.59 Å². The van der Waals surface area contributed by atoms with Gasteiger partial charge in [-0.05, 0) is 17.5 Å². The third-order valence-corrected chi connectivity index (χ3v) is 4.61. The summed E-state index contributed by atoms with van der Waals surface area (Å²) in [5.41, 5.74) is 7.81. The Hall–Kier alpha value is -2.90. The highest BCUT2D eigenvalue weighted by Gasteiger charge is 2.33. The summed E-state index contributed by atoms with van der Waals surface area (Å²) in [4.78, 5) is 31.8. The minimum atomic E-state index is -0.903. The number of ether oxygens (including phenoxy) is 1. The molecule has 0 radical (unpaired) electrons. The van der Waals surface area contributed by atoms with Gasteiger partial charge >= 0.3 is 6.09 Å². The number of rotatable bonds is 7. The van der Waals surface area contributed by atoms with Crippen LogP contribution in [0.4, 0.5) is 4.79 Å². The first-order valence-corrected chi connectivity index (χ1v) is 9.60. The van der Waals surface area contributed by atoms with E-state index in [0.29, 0.717) is 12.8 Å². The van der Waals surface area contributed by atoms with Crippen LogP contribution in [-0.2, 0) is 27.4 Å². The van der Waals surface area contributed by atoms with E-state index < -0.39 is 24.1 Å². The maximum absolute atomic E-state index is 12.9. The smallest absolute Gasteiger partial charge is 0.417 e. The Kier molecular flexibility index (Phi) is 7.21. The SMILES string of the molecule is N[C@@H](Cc1ccccc1)C(=O)N(CC1CC(Cl)=NO1)C(=O)OCc1ccccc1. The van der Waals surface area contributed by atoms with E-state index in [1.807, 2.05) is 60.7 Å². The van der Waals surface area contributed by atoms with Gasteiger partial charge in [-0.25, -0.2) is 9.69 Å². The van der Waals surface area contributed by atoms with Gasteiger partial charge in [0.1, 0.15) is 11.8 Å². The molecule has 1 aliphatic heterocycles. The van der Waals surface area contributed by atoms with Gasteiger partial charge in [0.15, 0.2) is 6.10 Å². The fraction of sp³-hybridized carbons (Fsp3) is 0.286. The summed E-state index contributed by atoms with van der Waals surface area (Å²) >= 11 is 5.84. The lowest BCUT2D eigenvalue weighted by molar-refractivity contribution is -0.132. The van der Waals surface area contributed by atoms with E-state index >= 15 is 0 Å². The minimum Gasteiger partial charge on any atom is -0.444 e. The molecule has 1 aliphatic rings. The van der Waals surface area contributed by atoms with Gasteiger partial charge in [-0.15, -0.1) is 0 Å². The average molecular weight is 416 g/mol. The Bertz CT molecular complexity index is 861. The Morgan fingerprint density at radius 3 is 2.34 bits per heavy atom. The molecule has 0 bridgehead atoms. The van der Waals surface area contributed by atoms with Crippen LogP contribution in [0.3, 0.4) is 0 Å². The number of nitrogens with zero attached hydrogens (tertiary/aromatic N) is 2. The topological polar surface area (TPSA) is 94.2 Å². The number of benzene rings is 2. The molecule has 0 spiro atoms. The summed E-state index contributed by atoms with van der Waals surface area (Å²) in [7, 11) is 0. The second-order valence-electron chi connectivity index (χ2n) is 6.68. The Morgan fingerprint density at radius 1 is 1.14 bits per heavy atom. The standard InChI is InChI=1S/C21H22ClN3O4/c22-19-12-17(29-24-19)13-25(21(27)28-14-16-9-5-2-6-10-16)20(26)18(23)11-15-7-3-1-4-8-15/h1-10,17-18H,11-14,23H2/t17?,18-/m0/s1. The lowest BCUT2D eigenvalue weighted by Crippen LogP contribution is -2.50. The highest BCUT2D eigenvalue weighted by atomic mass is 35.5. The molecular formula is C21H22ClN3O4. The van der Waals surface area contributed by atoms with Crippen molar-refractivity contribution in [1.29, 1.82) is 0 Å². The molecule has 0 fully saturated rings. The second kappa shape index (κ2) is 10.0. The van der Waals surface area contributed by atoms with Gasteiger partial charge in [-0.2, -0.15) is 0 Å². The Morgan fingerprint density at radius 2 is 1.76 bits per heavy atom. The molecule has 152 valence electrons. The molecular weight excluding hydrogens is 394 g/mol. The van der Waals surface area contributed by atoms with Gasteiger partial charge in [0.25, 0.3) is 0 Å². The summed E-state index contributed by atoms with van der Waals surface area (Å²) in [6.07, 6.45) is -0.704. The van der Waals surface area contributed by atoms with Crippen molar-refractivity contribution in [2.45, 2.75) is 31.6 Å². The maximum atomic E-state index is 12.9. The van der Waals surface area contributed by atoms with Crippen molar-refractivity contribution in [2.75, 3.05) is 6.54 Å². The second-order valence-corrected chi connectivity index (χ2v) is 7.12. The van der Waals surface area contributed by atoms with Crippen molar-refractivity contribution in [1.82, 2.24) is 4.90 Å². The van der Waals surface area contributed by atoms with Crippen molar-refractivity contribution < 1.29 is 19.2 Å². The monoisotopic (exact) mass is 415 g/mol. The summed E-state index contributed by atoms with van der Waals surface area (Å²) in [5, 5.41) is 3.94. The first-order valence-electron chi connectivity index (χ1n) is 9.22. The van der Waals surface area contributed by atoms with Gasteiger partial charge in [0.2, 0.25) is 5.91 Å². The van der Waals surface area contributed by atoms with Crippen LogP contribution in [0.2, 0.25) is 0 Å². The summed E-state index contributed by atoms with van der Waals surface area (Å²) < 4.78 is 5.33. The van der Waals surface area contributed by atoms with Crippen molar-refractivity contribution >= 4 is 28.8 Å². The highest BCUT2D eigenvalue weighted by molar-refractivity contribution is 6.65. The minimum absolute atomic E-state index is 0.0418. The van der Waals surface area contributed by atoms with E-state index in [4.69, 9.17) is 26.9 Å². The maximum Gasteiger partial charge on any atom is 0.417 e. The number of nitrogens with two attached hydrogens (primary N) is 1. The van der Waals surface area contributed by atoms with E-state index in [1.165, 1.54) is 0 Å². The van der Waals surface area contributed by atoms with Crippen LogP contribution in [0, 0.1) is 0 Å². The van der Waals surface area contributed by atoms with E-state index in [0.717, 1.165) is 16.0 Å². The quantitative estimate of drug-likeness (QED) is 0.749. The number of carbonyl (C=O) groups excluding carboxylic acids is 2. The molecule has 0 aromatic heterocycles. The molecule has 2 aromatic carbocycles. The molecule has 0 saturated heterocycles. The third-order valence-electron chi connectivity index (χ3n) is 4.39. The summed E-state index contributed by atoms with van der Waals surface area (Å²) in [6.45, 7) is -0.00514. The molecule has 3 rings (SSSR count). The Balaban J connectivity index is 1.67. The van der Waals surface area contributed by atoms with Crippen molar-refractivity contribution in [2.24, 2.45) is 10.9 Å². The third kappa shape index (κ3) is 6.04. The molecule has 1 unspecified atom stereocenters. The normalized spacial score (nSPS) is 16.5. The lowest BCUT2D eigenvalue weighted by Gasteiger charge is -2.25. The predicted octanol–water partition coefficient (Wildman–Crippen LogP) is 3.06. The molecule has 2 atom stereocenters. The molecule has 0 saturated carbocycles. The van der Waals surface area contributed by atoms with Crippen molar-refractivity contribution in [3.63, 3.8) is 0 Å². The van der Waals surface area contributed by atoms with Crippen LogP contribution in [0.5, 0.6) is 0 Å². The molecule has 29 heavy (non-hydrogen) atoms. The van der Waals surface area contributed by atoms with Gasteiger partial charge in [0.05, 0.1) is 12.6 Å². The number of hydrogen-bond acceptors (Lipinski definition) is 6. The molecule has 8 heteroatoms. The number of halogens is 1. The molecule has 7 nitrogen and oxygen atoms in total. The van der Waals surface area contributed by atoms with Gasteiger partial charge in [-0.3, -0.25) is 4.79 Å². The molecule has 2 amide bonds. The highest BCUT2D eigenvalue weighted by Crippen LogP contribution is 2.16. The van der Waals surface area contributed by atoms with Crippen LogP contribution in [0.1, 0.15) is 17.5 Å². The zero-order valence-electron chi connectivity index (χ0n) is 15.7. The lowest BCUT2D eigenvalue weighted by atomic mass is 10.1. The van der Waals surface area contributed by atoms with Crippen LogP contribution in [-0.4, -0.2) is 40.8 Å². The summed E-state index contributed by atoms with van der Waals surface area (Å²) in [6, 6.07) is 17.7. The zero-order valence-corrected chi connectivity index (χ0v) is 16.5. The van der Waals surface area contributed by atoms with Crippen LogP contribution in [0.25, 0.3) is 0 Å². The zero-order chi connectivity index (χ0) is 20.6. The van der Waals surface area contributed by atoms with E-state index in [-0.39, 0.29) is 18.3 Å². The fourth-order valence-electron chi connectivity index (χ4n) is 2.90. The number of imide groups is 1. The average Bonchev–Trinajstić information content (AvgIpc) is 3.16. The van der Waals surface area contributed by atoms with Crippen LogP contribution >= 0.6 is 11.6 Å². The first kappa shape index (κ1) is 20.8. The predicted molar refractivity (Wildman–Crippen MR) is 109 cm³/mol. The van der Waals surface area contributed by atoms with Crippen LogP contribution < -0.4 is 5.73 Å². The largest absolute Gasteiger partial charge is 0.444 e. The van der Waals surface area contributed by atoms with Gasteiger partial charge in [0, 0.05) is 6.42 Å². The first-order chi connectivity index (χ1) is 14.0. The Labute approximate surface area is 174 Å². The van der Waals surface area contributed by atoms with E-state index in [2.05, 4.69) is 5.16 Å². The number of hydrogen-bond donors (Lipinski definition) is 1. The number of carbonyl (C=O) groups is 2.